The third-order valence-electron chi connectivity index (χ3n) is 2.58. The Kier molecular flexibility index (Phi) is 3.74. The van der Waals surface area contributed by atoms with Crippen LogP contribution in [0.25, 0.3) is 0 Å². The zero-order valence-electron chi connectivity index (χ0n) is 9.74. The zero-order chi connectivity index (χ0) is 11.4. The van der Waals surface area contributed by atoms with E-state index in [9.17, 15) is 0 Å². The Morgan fingerprint density at radius 3 is 2.40 bits per heavy atom. The molecule has 0 saturated heterocycles. The summed E-state index contributed by atoms with van der Waals surface area (Å²) in [5.74, 6) is 1.33. The predicted molar refractivity (Wildman–Crippen MR) is 60.8 cm³/mol. The van der Waals surface area contributed by atoms with Crippen LogP contribution in [0.3, 0.4) is 0 Å². The van der Waals surface area contributed by atoms with Gasteiger partial charge in [0.05, 0.1) is 17.7 Å². The van der Waals surface area contributed by atoms with Gasteiger partial charge in [-0.25, -0.2) is 0 Å². The fourth-order valence-electron chi connectivity index (χ4n) is 1.19. The zero-order valence-corrected chi connectivity index (χ0v) is 9.74. The highest BCUT2D eigenvalue weighted by Crippen LogP contribution is 2.19. The molecule has 0 aliphatic rings. The maximum atomic E-state index is 8.79. The first-order valence-corrected chi connectivity index (χ1v) is 5.22. The molecule has 1 unspecified atom stereocenters. The summed E-state index contributed by atoms with van der Waals surface area (Å²) in [6.07, 6.45) is 0.192. The first kappa shape index (κ1) is 11.6. The Labute approximate surface area is 91.5 Å². The predicted octanol–water partition coefficient (Wildman–Crippen LogP) is 3.29. The summed E-state index contributed by atoms with van der Waals surface area (Å²) in [6.45, 7) is 8.23. The summed E-state index contributed by atoms with van der Waals surface area (Å²) in [4.78, 5) is 0. The number of aryl methyl sites for hydroxylation is 1. The van der Waals surface area contributed by atoms with Crippen LogP contribution in [0.4, 0.5) is 0 Å². The lowest BCUT2D eigenvalue weighted by molar-refractivity contribution is 0.170. The third-order valence-corrected chi connectivity index (χ3v) is 2.58. The summed E-state index contributed by atoms with van der Waals surface area (Å²) in [5.41, 5.74) is 1.67. The van der Waals surface area contributed by atoms with Crippen molar-refractivity contribution in [1.29, 1.82) is 5.26 Å². The average Bonchev–Trinajstić information content (AvgIpc) is 2.18. The lowest BCUT2D eigenvalue weighted by Crippen LogP contribution is -2.18. The Morgan fingerprint density at radius 1 is 1.27 bits per heavy atom. The van der Waals surface area contributed by atoms with Gasteiger partial charge in [0.15, 0.2) is 0 Å². The van der Waals surface area contributed by atoms with Crippen molar-refractivity contribution in [3.63, 3.8) is 0 Å². The van der Waals surface area contributed by atoms with Crippen molar-refractivity contribution >= 4 is 0 Å². The van der Waals surface area contributed by atoms with E-state index in [1.165, 1.54) is 0 Å². The Hall–Kier alpha value is -1.49. The normalized spacial score (nSPS) is 12.3. The Morgan fingerprint density at radius 2 is 1.93 bits per heavy atom. The topological polar surface area (TPSA) is 33.0 Å². The van der Waals surface area contributed by atoms with Gasteiger partial charge in [0, 0.05) is 0 Å². The van der Waals surface area contributed by atoms with Gasteiger partial charge in [0.1, 0.15) is 5.75 Å². The molecule has 80 valence electrons. The second kappa shape index (κ2) is 4.84. The highest BCUT2D eigenvalue weighted by Gasteiger charge is 2.09. The molecule has 2 nitrogen and oxygen atoms in total. The molecule has 0 saturated carbocycles. The summed E-state index contributed by atoms with van der Waals surface area (Å²) in [7, 11) is 0. The van der Waals surface area contributed by atoms with E-state index in [1.54, 1.807) is 6.07 Å². The van der Waals surface area contributed by atoms with Crippen molar-refractivity contribution in [2.45, 2.75) is 33.8 Å². The molecule has 0 aliphatic heterocycles. The van der Waals surface area contributed by atoms with Gasteiger partial charge in [-0.15, -0.1) is 0 Å². The van der Waals surface area contributed by atoms with Crippen LogP contribution in [-0.4, -0.2) is 6.10 Å². The first-order chi connectivity index (χ1) is 7.04. The molecule has 0 radical (unpaired) electrons. The Bertz CT molecular complexity index is 377. The highest BCUT2D eigenvalue weighted by atomic mass is 16.5. The summed E-state index contributed by atoms with van der Waals surface area (Å²) < 4.78 is 5.75. The second-order valence-electron chi connectivity index (χ2n) is 4.16. The van der Waals surface area contributed by atoms with E-state index in [1.807, 2.05) is 19.1 Å². The van der Waals surface area contributed by atoms with Gasteiger partial charge in [-0.1, -0.05) is 13.8 Å². The molecular formula is C13H17NO. The van der Waals surface area contributed by atoms with E-state index < -0.39 is 0 Å². The van der Waals surface area contributed by atoms with Crippen molar-refractivity contribution in [2.75, 3.05) is 0 Å². The molecular weight excluding hydrogens is 186 g/mol. The fourth-order valence-corrected chi connectivity index (χ4v) is 1.19. The lowest BCUT2D eigenvalue weighted by Gasteiger charge is -2.18. The largest absolute Gasteiger partial charge is 0.490 e. The van der Waals surface area contributed by atoms with Crippen LogP contribution < -0.4 is 4.74 Å². The van der Waals surface area contributed by atoms with Crippen molar-refractivity contribution in [3.05, 3.63) is 29.3 Å². The number of ether oxygens (including phenoxy) is 1. The van der Waals surface area contributed by atoms with E-state index in [4.69, 9.17) is 10.00 Å². The monoisotopic (exact) mass is 203 g/mol. The van der Waals surface area contributed by atoms with E-state index in [-0.39, 0.29) is 6.10 Å². The molecule has 0 aromatic heterocycles. The molecule has 2 heteroatoms. The minimum absolute atomic E-state index is 0.192. The van der Waals surface area contributed by atoms with Gasteiger partial charge < -0.3 is 4.74 Å². The number of nitriles is 1. The van der Waals surface area contributed by atoms with E-state index in [0.29, 0.717) is 11.5 Å². The van der Waals surface area contributed by atoms with E-state index in [0.717, 1.165) is 11.3 Å². The molecule has 15 heavy (non-hydrogen) atoms. The van der Waals surface area contributed by atoms with Crippen molar-refractivity contribution in [1.82, 2.24) is 0 Å². The molecule has 1 aromatic carbocycles. The van der Waals surface area contributed by atoms with Crippen molar-refractivity contribution < 1.29 is 4.74 Å². The van der Waals surface area contributed by atoms with Crippen molar-refractivity contribution in [2.24, 2.45) is 5.92 Å². The molecule has 0 amide bonds. The smallest absolute Gasteiger partial charge is 0.120 e. The molecule has 1 rings (SSSR count). The van der Waals surface area contributed by atoms with Crippen molar-refractivity contribution in [3.8, 4) is 11.8 Å². The molecule has 0 fully saturated rings. The van der Waals surface area contributed by atoms with Gasteiger partial charge >= 0.3 is 0 Å². The standard InChI is InChI=1S/C13H17NO/c1-9(2)11(4)15-13-6-5-12(8-14)10(3)7-13/h5-7,9,11H,1-4H3. The lowest BCUT2D eigenvalue weighted by atomic mass is 10.1. The number of benzene rings is 1. The quantitative estimate of drug-likeness (QED) is 0.755. The molecule has 0 aliphatic carbocycles. The number of hydrogen-bond acceptors (Lipinski definition) is 2. The first-order valence-electron chi connectivity index (χ1n) is 5.22. The van der Waals surface area contributed by atoms with E-state index in [2.05, 4.69) is 26.8 Å². The van der Waals surface area contributed by atoms with Crippen LogP contribution in [-0.2, 0) is 0 Å². The molecule has 1 aromatic rings. The number of nitrogens with zero attached hydrogens (tertiary/aromatic N) is 1. The SMILES string of the molecule is Cc1cc(OC(C)C(C)C)ccc1C#N. The van der Waals surface area contributed by atoms with E-state index >= 15 is 0 Å². The highest BCUT2D eigenvalue weighted by molar-refractivity contribution is 5.41. The molecule has 1 atom stereocenters. The van der Waals surface area contributed by atoms with Crippen LogP contribution in [0.5, 0.6) is 5.75 Å². The van der Waals surface area contributed by atoms with Gasteiger partial charge in [-0.05, 0) is 43.5 Å². The van der Waals surface area contributed by atoms with Gasteiger partial charge in [0.2, 0.25) is 0 Å². The molecule has 0 bridgehead atoms. The van der Waals surface area contributed by atoms with Crippen LogP contribution in [0.15, 0.2) is 18.2 Å². The van der Waals surface area contributed by atoms with Crippen LogP contribution in [0, 0.1) is 24.2 Å². The maximum Gasteiger partial charge on any atom is 0.120 e. The minimum atomic E-state index is 0.192. The molecule has 0 heterocycles. The van der Waals surface area contributed by atoms with Crippen LogP contribution in [0.2, 0.25) is 0 Å². The third kappa shape index (κ3) is 2.99. The number of hydrogen-bond donors (Lipinski definition) is 0. The Balaban J connectivity index is 2.81. The summed E-state index contributed by atoms with van der Waals surface area (Å²) in [6, 6.07) is 7.71. The average molecular weight is 203 g/mol. The minimum Gasteiger partial charge on any atom is -0.490 e. The van der Waals surface area contributed by atoms with Gasteiger partial charge in [-0.2, -0.15) is 5.26 Å². The summed E-state index contributed by atoms with van der Waals surface area (Å²) in [5, 5.41) is 8.79. The maximum absolute atomic E-state index is 8.79. The molecule has 0 spiro atoms. The molecule has 0 N–H and O–H groups in total. The van der Waals surface area contributed by atoms with Gasteiger partial charge in [0.25, 0.3) is 0 Å². The van der Waals surface area contributed by atoms with Gasteiger partial charge in [-0.3, -0.25) is 0 Å². The van der Waals surface area contributed by atoms with Crippen LogP contribution in [0.1, 0.15) is 31.9 Å². The summed E-state index contributed by atoms with van der Waals surface area (Å²) >= 11 is 0. The fraction of sp³-hybridized carbons (Fsp3) is 0.462. The van der Waals surface area contributed by atoms with Crippen LogP contribution >= 0.6 is 0 Å². The number of rotatable bonds is 3. The second-order valence-corrected chi connectivity index (χ2v) is 4.16.